The van der Waals surface area contributed by atoms with E-state index >= 15 is 0 Å². The van der Waals surface area contributed by atoms with Crippen molar-refractivity contribution in [3.63, 3.8) is 0 Å². The topological polar surface area (TPSA) is 74.2 Å². The fourth-order valence-corrected chi connectivity index (χ4v) is 3.27. The van der Waals surface area contributed by atoms with Crippen LogP contribution in [0.3, 0.4) is 0 Å². The van der Waals surface area contributed by atoms with Crippen LogP contribution in [0.15, 0.2) is 36.5 Å². The highest BCUT2D eigenvalue weighted by atomic mass is 16.2. The fourth-order valence-electron chi connectivity index (χ4n) is 3.27. The number of pyridine rings is 1. The van der Waals surface area contributed by atoms with Gasteiger partial charge in [0.25, 0.3) is 0 Å². The molecule has 0 unspecified atom stereocenters. The van der Waals surface area contributed by atoms with Crippen LogP contribution >= 0.6 is 0 Å². The molecule has 0 radical (unpaired) electrons. The molecule has 28 heavy (non-hydrogen) atoms. The highest BCUT2D eigenvalue weighted by molar-refractivity contribution is 5.87. The summed E-state index contributed by atoms with van der Waals surface area (Å²) in [6.45, 7) is 6.09. The average molecular weight is 380 g/mol. The van der Waals surface area contributed by atoms with E-state index in [1.807, 2.05) is 62.0 Å². The summed E-state index contributed by atoms with van der Waals surface area (Å²) in [5.41, 5.74) is 2.03. The second kappa shape index (κ2) is 8.93. The molecule has 0 aliphatic carbocycles. The van der Waals surface area contributed by atoms with Crippen molar-refractivity contribution in [3.8, 4) is 0 Å². The minimum absolute atomic E-state index is 0.0672. The van der Waals surface area contributed by atoms with Crippen LogP contribution in [0.5, 0.6) is 0 Å². The number of rotatable bonds is 6. The number of anilines is 2. The Morgan fingerprint density at radius 3 is 2.93 bits per heavy atom. The largest absolute Gasteiger partial charge is 0.338 e. The molecular weight excluding hydrogens is 352 g/mol. The standard InChI is InChI=1S/C21H28N6O/c1-15-7-5-10-22-21(15)25-19-13-18(23-16(2)24-19)17-9-12-27(14-17)20(28)8-6-11-26(3)4/h5-8,10,13,17H,9,11-12,14H2,1-4H3,(H,22,23,24,25)/b8-6+/t17-/m0/s1. The van der Waals surface area contributed by atoms with Crippen LogP contribution in [0.1, 0.15) is 29.4 Å². The van der Waals surface area contributed by atoms with Gasteiger partial charge in [0.1, 0.15) is 17.5 Å². The molecule has 1 aliphatic rings. The maximum absolute atomic E-state index is 12.4. The lowest BCUT2D eigenvalue weighted by atomic mass is 10.0. The van der Waals surface area contributed by atoms with E-state index in [4.69, 9.17) is 0 Å². The normalized spacial score (nSPS) is 16.9. The first-order chi connectivity index (χ1) is 13.4. The molecule has 0 spiro atoms. The molecule has 1 saturated heterocycles. The molecular formula is C21H28N6O. The van der Waals surface area contributed by atoms with Crippen molar-refractivity contribution in [1.29, 1.82) is 0 Å². The Labute approximate surface area is 166 Å². The highest BCUT2D eigenvalue weighted by Crippen LogP contribution is 2.28. The van der Waals surface area contributed by atoms with Gasteiger partial charge in [-0.3, -0.25) is 4.79 Å². The van der Waals surface area contributed by atoms with Gasteiger partial charge < -0.3 is 15.1 Å². The zero-order chi connectivity index (χ0) is 20.1. The number of amides is 1. The average Bonchev–Trinajstić information content (AvgIpc) is 3.13. The van der Waals surface area contributed by atoms with Crippen LogP contribution in [0, 0.1) is 13.8 Å². The highest BCUT2D eigenvalue weighted by Gasteiger charge is 2.27. The minimum Gasteiger partial charge on any atom is -0.338 e. The third-order valence-electron chi connectivity index (χ3n) is 4.76. The number of carbonyl (C=O) groups excluding carboxylic acids is 1. The zero-order valence-corrected chi connectivity index (χ0v) is 17.0. The molecule has 0 bridgehead atoms. The molecule has 0 aromatic carbocycles. The Morgan fingerprint density at radius 1 is 1.36 bits per heavy atom. The molecule has 2 aromatic heterocycles. The van der Waals surface area contributed by atoms with Gasteiger partial charge in [-0.05, 0) is 46.0 Å². The van der Waals surface area contributed by atoms with Gasteiger partial charge in [0, 0.05) is 43.9 Å². The van der Waals surface area contributed by atoms with E-state index in [0.717, 1.165) is 42.4 Å². The monoisotopic (exact) mass is 380 g/mol. The van der Waals surface area contributed by atoms with E-state index in [-0.39, 0.29) is 11.8 Å². The first kappa shape index (κ1) is 19.9. The van der Waals surface area contributed by atoms with E-state index < -0.39 is 0 Å². The van der Waals surface area contributed by atoms with Crippen molar-refractivity contribution in [2.24, 2.45) is 0 Å². The Kier molecular flexibility index (Phi) is 6.36. The molecule has 7 heteroatoms. The number of hydrogen-bond acceptors (Lipinski definition) is 6. The maximum Gasteiger partial charge on any atom is 0.246 e. The van der Waals surface area contributed by atoms with Crippen LogP contribution in [0.25, 0.3) is 0 Å². The SMILES string of the molecule is Cc1nc(Nc2ncccc2C)cc([C@H]2CCN(C(=O)/C=C/CN(C)C)C2)n1. The number of hydrogen-bond donors (Lipinski definition) is 1. The smallest absolute Gasteiger partial charge is 0.246 e. The van der Waals surface area contributed by atoms with E-state index in [0.29, 0.717) is 12.4 Å². The summed E-state index contributed by atoms with van der Waals surface area (Å²) in [6.07, 6.45) is 6.24. The lowest BCUT2D eigenvalue weighted by Gasteiger charge is -2.15. The van der Waals surface area contributed by atoms with Crippen molar-refractivity contribution < 1.29 is 4.79 Å². The Hall–Kier alpha value is -2.80. The summed E-state index contributed by atoms with van der Waals surface area (Å²) in [7, 11) is 3.96. The Morgan fingerprint density at radius 2 is 2.18 bits per heavy atom. The molecule has 3 heterocycles. The van der Waals surface area contributed by atoms with Crippen LogP contribution in [-0.2, 0) is 4.79 Å². The molecule has 1 N–H and O–H groups in total. The van der Waals surface area contributed by atoms with Gasteiger partial charge in [-0.2, -0.15) is 0 Å². The maximum atomic E-state index is 12.4. The van der Waals surface area contributed by atoms with Crippen molar-refractivity contribution in [2.75, 3.05) is 39.0 Å². The third kappa shape index (κ3) is 5.13. The Bertz CT molecular complexity index is 864. The zero-order valence-electron chi connectivity index (χ0n) is 17.0. The molecule has 0 saturated carbocycles. The molecule has 3 rings (SSSR count). The molecule has 148 valence electrons. The molecule has 1 amide bonds. The lowest BCUT2D eigenvalue weighted by molar-refractivity contribution is -0.125. The van der Waals surface area contributed by atoms with E-state index in [9.17, 15) is 4.79 Å². The summed E-state index contributed by atoms with van der Waals surface area (Å²) in [5.74, 6) is 2.53. The molecule has 1 fully saturated rings. The fraction of sp³-hybridized carbons (Fsp3) is 0.429. The van der Waals surface area contributed by atoms with E-state index in [1.165, 1.54) is 0 Å². The second-order valence-electron chi connectivity index (χ2n) is 7.45. The van der Waals surface area contributed by atoms with E-state index in [1.54, 1.807) is 12.3 Å². The first-order valence-electron chi connectivity index (χ1n) is 9.57. The summed E-state index contributed by atoms with van der Waals surface area (Å²) in [6, 6.07) is 5.89. The van der Waals surface area contributed by atoms with Gasteiger partial charge in [-0.1, -0.05) is 12.1 Å². The van der Waals surface area contributed by atoms with Crippen LogP contribution < -0.4 is 5.32 Å². The number of nitrogens with zero attached hydrogens (tertiary/aromatic N) is 5. The molecule has 1 atom stereocenters. The van der Waals surface area contributed by atoms with Crippen molar-refractivity contribution in [2.45, 2.75) is 26.2 Å². The number of carbonyl (C=O) groups is 1. The number of aromatic nitrogens is 3. The summed E-state index contributed by atoms with van der Waals surface area (Å²) in [5, 5.41) is 3.29. The molecule has 7 nitrogen and oxygen atoms in total. The number of likely N-dealkylation sites (tertiary alicyclic amines) is 1. The quantitative estimate of drug-likeness (QED) is 0.777. The summed E-state index contributed by atoms with van der Waals surface area (Å²) >= 11 is 0. The van der Waals surface area contributed by atoms with Gasteiger partial charge in [0.15, 0.2) is 0 Å². The summed E-state index contributed by atoms with van der Waals surface area (Å²) in [4.78, 5) is 29.8. The first-order valence-corrected chi connectivity index (χ1v) is 9.57. The predicted octanol–water partition coefficient (Wildman–Crippen LogP) is 2.67. The minimum atomic E-state index is 0.0672. The van der Waals surface area contributed by atoms with Crippen LogP contribution in [0.4, 0.5) is 11.6 Å². The van der Waals surface area contributed by atoms with Gasteiger partial charge >= 0.3 is 0 Å². The van der Waals surface area contributed by atoms with Crippen molar-refractivity contribution in [1.82, 2.24) is 24.8 Å². The molecule has 1 aliphatic heterocycles. The van der Waals surface area contributed by atoms with Crippen LogP contribution in [-0.4, -0.2) is 64.4 Å². The van der Waals surface area contributed by atoms with Gasteiger partial charge in [0.2, 0.25) is 5.91 Å². The van der Waals surface area contributed by atoms with Gasteiger partial charge in [0.05, 0.1) is 5.69 Å². The predicted molar refractivity (Wildman–Crippen MR) is 111 cm³/mol. The number of aryl methyl sites for hydroxylation is 2. The van der Waals surface area contributed by atoms with Gasteiger partial charge in [-0.15, -0.1) is 0 Å². The lowest BCUT2D eigenvalue weighted by Crippen LogP contribution is -2.27. The number of nitrogens with one attached hydrogen (secondary N) is 1. The van der Waals surface area contributed by atoms with Crippen LogP contribution in [0.2, 0.25) is 0 Å². The number of likely N-dealkylation sites (N-methyl/N-ethyl adjacent to an activating group) is 1. The third-order valence-corrected chi connectivity index (χ3v) is 4.76. The summed E-state index contributed by atoms with van der Waals surface area (Å²) < 4.78 is 0. The second-order valence-corrected chi connectivity index (χ2v) is 7.45. The van der Waals surface area contributed by atoms with Crippen molar-refractivity contribution in [3.05, 3.63) is 53.6 Å². The van der Waals surface area contributed by atoms with Gasteiger partial charge in [-0.25, -0.2) is 15.0 Å². The van der Waals surface area contributed by atoms with E-state index in [2.05, 4.69) is 20.3 Å². The molecule has 2 aromatic rings. The van der Waals surface area contributed by atoms with Crippen molar-refractivity contribution >= 4 is 17.5 Å². The Balaban J connectivity index is 1.69.